The highest BCUT2D eigenvalue weighted by Crippen LogP contribution is 2.19. The monoisotopic (exact) mass is 338 g/mol. The molecule has 1 unspecified atom stereocenters. The summed E-state index contributed by atoms with van der Waals surface area (Å²) < 4.78 is 0.848. The van der Waals surface area contributed by atoms with Crippen molar-refractivity contribution in [2.75, 3.05) is 39.3 Å². The molecule has 3 heterocycles. The van der Waals surface area contributed by atoms with Crippen molar-refractivity contribution in [3.05, 3.63) is 28.5 Å². The zero-order chi connectivity index (χ0) is 13.9. The molecule has 0 aromatic carbocycles. The molecular weight excluding hydrogens is 320 g/mol. The van der Waals surface area contributed by atoms with Crippen LogP contribution in [0.2, 0.25) is 0 Å². The van der Waals surface area contributed by atoms with Gasteiger partial charge in [-0.15, -0.1) is 0 Å². The molecule has 2 aliphatic rings. The molecule has 108 valence electrons. The van der Waals surface area contributed by atoms with E-state index in [9.17, 15) is 4.79 Å². The van der Waals surface area contributed by atoms with Gasteiger partial charge in [-0.05, 0) is 28.4 Å². The molecule has 1 aromatic rings. The first kappa shape index (κ1) is 14.0. The summed E-state index contributed by atoms with van der Waals surface area (Å²) in [6.45, 7) is 5.97. The second-order valence-electron chi connectivity index (χ2n) is 5.37. The summed E-state index contributed by atoms with van der Waals surface area (Å²) in [6.07, 6.45) is 4.42. The predicted molar refractivity (Wildman–Crippen MR) is 80.7 cm³/mol. The molecule has 6 heteroatoms. The second kappa shape index (κ2) is 6.20. The van der Waals surface area contributed by atoms with Gasteiger partial charge in [0.15, 0.2) is 0 Å². The van der Waals surface area contributed by atoms with E-state index in [4.69, 9.17) is 0 Å². The van der Waals surface area contributed by atoms with Gasteiger partial charge in [0.1, 0.15) is 0 Å². The fourth-order valence-corrected chi connectivity index (χ4v) is 3.35. The Bertz CT molecular complexity index is 490. The van der Waals surface area contributed by atoms with Gasteiger partial charge in [-0.2, -0.15) is 0 Å². The van der Waals surface area contributed by atoms with Crippen LogP contribution >= 0.6 is 15.9 Å². The lowest BCUT2D eigenvalue weighted by Gasteiger charge is -2.32. The summed E-state index contributed by atoms with van der Waals surface area (Å²) in [5.74, 6) is 0.0939. The summed E-state index contributed by atoms with van der Waals surface area (Å²) in [5, 5.41) is 3.37. The highest BCUT2D eigenvalue weighted by molar-refractivity contribution is 9.10. The Morgan fingerprint density at radius 2 is 2.10 bits per heavy atom. The van der Waals surface area contributed by atoms with Crippen molar-refractivity contribution in [1.82, 2.24) is 20.1 Å². The third kappa shape index (κ3) is 3.02. The molecule has 1 atom stereocenters. The van der Waals surface area contributed by atoms with Crippen LogP contribution in [0.5, 0.6) is 0 Å². The number of pyridine rings is 1. The zero-order valence-electron chi connectivity index (χ0n) is 11.4. The molecule has 0 radical (unpaired) electrons. The van der Waals surface area contributed by atoms with E-state index < -0.39 is 0 Å². The molecule has 2 aliphatic heterocycles. The molecule has 1 aromatic heterocycles. The number of piperazine rings is 1. The van der Waals surface area contributed by atoms with E-state index in [2.05, 4.69) is 31.1 Å². The third-order valence-corrected chi connectivity index (χ3v) is 4.50. The van der Waals surface area contributed by atoms with Gasteiger partial charge in [0.05, 0.1) is 5.56 Å². The van der Waals surface area contributed by atoms with E-state index in [1.807, 2.05) is 11.0 Å². The molecule has 5 nitrogen and oxygen atoms in total. The quantitative estimate of drug-likeness (QED) is 0.872. The van der Waals surface area contributed by atoms with Gasteiger partial charge in [-0.3, -0.25) is 14.7 Å². The van der Waals surface area contributed by atoms with Crippen LogP contribution in [0.3, 0.4) is 0 Å². The molecule has 0 bridgehead atoms. The molecule has 0 saturated carbocycles. The van der Waals surface area contributed by atoms with Gasteiger partial charge >= 0.3 is 0 Å². The minimum absolute atomic E-state index is 0.0939. The number of likely N-dealkylation sites (tertiary alicyclic amines) is 1. The number of hydrogen-bond acceptors (Lipinski definition) is 4. The number of hydrogen-bond donors (Lipinski definition) is 1. The summed E-state index contributed by atoms with van der Waals surface area (Å²) in [5.41, 5.74) is 0.667. The maximum atomic E-state index is 12.5. The predicted octanol–water partition coefficient (Wildman–Crippen LogP) is 0.964. The van der Waals surface area contributed by atoms with E-state index in [0.29, 0.717) is 11.6 Å². The van der Waals surface area contributed by atoms with Crippen molar-refractivity contribution < 1.29 is 4.79 Å². The second-order valence-corrected chi connectivity index (χ2v) is 6.29. The Balaban J connectivity index is 1.63. The number of amides is 1. The lowest BCUT2D eigenvalue weighted by atomic mass is 10.2. The Morgan fingerprint density at radius 3 is 2.85 bits per heavy atom. The van der Waals surface area contributed by atoms with Crippen LogP contribution in [0.25, 0.3) is 0 Å². The minimum Gasteiger partial charge on any atom is -0.337 e. The van der Waals surface area contributed by atoms with Crippen molar-refractivity contribution in [3.8, 4) is 0 Å². The van der Waals surface area contributed by atoms with Crippen LogP contribution < -0.4 is 5.32 Å². The Kier molecular flexibility index (Phi) is 4.33. The van der Waals surface area contributed by atoms with Crippen LogP contribution in [-0.4, -0.2) is 66.0 Å². The normalized spacial score (nSPS) is 24.1. The molecule has 2 saturated heterocycles. The van der Waals surface area contributed by atoms with Gasteiger partial charge in [-0.25, -0.2) is 0 Å². The Hall–Kier alpha value is -0.980. The molecule has 0 spiro atoms. The lowest BCUT2D eigenvalue weighted by Crippen LogP contribution is -2.49. The molecule has 1 N–H and O–H groups in total. The molecule has 20 heavy (non-hydrogen) atoms. The Morgan fingerprint density at radius 1 is 1.30 bits per heavy atom. The van der Waals surface area contributed by atoms with Crippen LogP contribution in [0.4, 0.5) is 0 Å². The lowest BCUT2D eigenvalue weighted by molar-refractivity contribution is 0.0773. The SMILES string of the molecule is O=C(c1cncc(Br)c1)N1CCC(N2CCNCC2)C1. The first-order valence-electron chi connectivity index (χ1n) is 7.08. The van der Waals surface area contributed by atoms with Crippen molar-refractivity contribution in [3.63, 3.8) is 0 Å². The summed E-state index contributed by atoms with van der Waals surface area (Å²) in [7, 11) is 0. The third-order valence-electron chi connectivity index (χ3n) is 4.07. The molecule has 1 amide bonds. The maximum absolute atomic E-state index is 12.5. The minimum atomic E-state index is 0.0939. The van der Waals surface area contributed by atoms with Crippen LogP contribution in [-0.2, 0) is 0 Å². The number of halogens is 1. The van der Waals surface area contributed by atoms with Crippen molar-refractivity contribution >= 4 is 21.8 Å². The van der Waals surface area contributed by atoms with E-state index in [1.165, 1.54) is 0 Å². The van der Waals surface area contributed by atoms with Crippen LogP contribution in [0, 0.1) is 0 Å². The standard InChI is InChI=1S/C14H19BrN4O/c15-12-7-11(8-17-9-12)14(20)19-4-1-13(10-19)18-5-2-16-3-6-18/h7-9,13,16H,1-6,10H2. The number of carbonyl (C=O) groups is 1. The number of nitrogens with one attached hydrogen (secondary N) is 1. The topological polar surface area (TPSA) is 48.5 Å². The van der Waals surface area contributed by atoms with Crippen LogP contribution in [0.15, 0.2) is 22.9 Å². The van der Waals surface area contributed by atoms with Crippen molar-refractivity contribution in [1.29, 1.82) is 0 Å². The van der Waals surface area contributed by atoms with E-state index >= 15 is 0 Å². The van der Waals surface area contributed by atoms with E-state index in [-0.39, 0.29) is 5.91 Å². The number of rotatable bonds is 2. The highest BCUT2D eigenvalue weighted by Gasteiger charge is 2.31. The first-order chi connectivity index (χ1) is 9.74. The highest BCUT2D eigenvalue weighted by atomic mass is 79.9. The molecular formula is C14H19BrN4O. The van der Waals surface area contributed by atoms with E-state index in [1.54, 1.807) is 12.4 Å². The first-order valence-corrected chi connectivity index (χ1v) is 7.88. The summed E-state index contributed by atoms with van der Waals surface area (Å²) >= 11 is 3.37. The van der Waals surface area contributed by atoms with Gasteiger partial charge in [0.2, 0.25) is 0 Å². The fourth-order valence-electron chi connectivity index (χ4n) is 2.98. The maximum Gasteiger partial charge on any atom is 0.255 e. The van der Waals surface area contributed by atoms with Gasteiger partial charge < -0.3 is 10.2 Å². The number of carbonyl (C=O) groups excluding carboxylic acids is 1. The smallest absolute Gasteiger partial charge is 0.255 e. The van der Waals surface area contributed by atoms with Gasteiger partial charge in [0.25, 0.3) is 5.91 Å². The largest absolute Gasteiger partial charge is 0.337 e. The average Bonchev–Trinajstić information content (AvgIpc) is 2.97. The average molecular weight is 339 g/mol. The molecule has 3 rings (SSSR count). The van der Waals surface area contributed by atoms with Crippen molar-refractivity contribution in [2.45, 2.75) is 12.5 Å². The summed E-state index contributed by atoms with van der Waals surface area (Å²) in [6, 6.07) is 2.36. The molecule has 0 aliphatic carbocycles. The molecule has 2 fully saturated rings. The van der Waals surface area contributed by atoms with Gasteiger partial charge in [0, 0.05) is 62.2 Å². The Labute approximate surface area is 127 Å². The number of aromatic nitrogens is 1. The summed E-state index contributed by atoms with van der Waals surface area (Å²) in [4.78, 5) is 21.0. The van der Waals surface area contributed by atoms with E-state index in [0.717, 1.165) is 50.2 Å². The van der Waals surface area contributed by atoms with Gasteiger partial charge in [-0.1, -0.05) is 0 Å². The van der Waals surface area contributed by atoms with Crippen LogP contribution in [0.1, 0.15) is 16.8 Å². The van der Waals surface area contributed by atoms with Crippen molar-refractivity contribution in [2.24, 2.45) is 0 Å². The number of nitrogens with zero attached hydrogens (tertiary/aromatic N) is 3. The zero-order valence-corrected chi connectivity index (χ0v) is 13.0. The fraction of sp³-hybridized carbons (Fsp3) is 0.571.